The normalized spacial score (nSPS) is 12.6. The molecule has 0 aliphatic heterocycles. The predicted octanol–water partition coefficient (Wildman–Crippen LogP) is 3.44. The Balaban J connectivity index is 1.73. The van der Waals surface area contributed by atoms with Crippen LogP contribution in [0.15, 0.2) is 63.4 Å². The van der Waals surface area contributed by atoms with Gasteiger partial charge in [0, 0.05) is 5.38 Å². The van der Waals surface area contributed by atoms with Gasteiger partial charge in [-0.15, -0.1) is 11.3 Å². The lowest BCUT2D eigenvalue weighted by Crippen LogP contribution is -2.44. The Bertz CT molecular complexity index is 1000. The molecule has 10 heteroatoms. The van der Waals surface area contributed by atoms with Crippen molar-refractivity contribution < 1.29 is 17.6 Å². The number of thioether (sulfide) groups is 1. The van der Waals surface area contributed by atoms with Crippen molar-refractivity contribution in [2.45, 2.75) is 17.4 Å². The Hall–Kier alpha value is -2.14. The zero-order valence-corrected chi connectivity index (χ0v) is 17.4. The minimum absolute atomic E-state index is 0.117. The smallest absolute Gasteiger partial charge is 0.244 e. The molecule has 3 rings (SSSR count). The van der Waals surface area contributed by atoms with Gasteiger partial charge in [-0.05, 0) is 42.7 Å². The molecular weight excluding hydrogens is 418 g/mol. The minimum atomic E-state index is -3.81. The first-order valence-electron chi connectivity index (χ1n) is 8.36. The lowest BCUT2D eigenvalue weighted by molar-refractivity contribution is -0.117. The molecule has 1 aromatic carbocycles. The third kappa shape index (κ3) is 5.22. The van der Waals surface area contributed by atoms with Crippen molar-refractivity contribution in [1.29, 1.82) is 0 Å². The molecule has 0 saturated heterocycles. The van der Waals surface area contributed by atoms with Crippen molar-refractivity contribution in [2.24, 2.45) is 0 Å². The highest BCUT2D eigenvalue weighted by Gasteiger charge is 2.26. The van der Waals surface area contributed by atoms with Gasteiger partial charge in [0.1, 0.15) is 11.7 Å². The summed E-state index contributed by atoms with van der Waals surface area (Å²) in [6.07, 6.45) is 3.80. The van der Waals surface area contributed by atoms with E-state index >= 15 is 0 Å². The molecule has 1 amide bonds. The van der Waals surface area contributed by atoms with Gasteiger partial charge in [0.2, 0.25) is 15.9 Å². The maximum atomic E-state index is 12.7. The number of nitrogens with one attached hydrogen (secondary N) is 2. The lowest BCUT2D eigenvalue weighted by atomic mass is 10.2. The number of hydrogen-bond donors (Lipinski definition) is 2. The molecule has 2 heterocycles. The minimum Gasteiger partial charge on any atom is -0.463 e. The maximum absolute atomic E-state index is 12.7. The Morgan fingerprint density at radius 2 is 2.04 bits per heavy atom. The zero-order valence-electron chi connectivity index (χ0n) is 15.0. The second kappa shape index (κ2) is 9.37. The van der Waals surface area contributed by atoms with Crippen LogP contribution in [-0.4, -0.2) is 37.4 Å². The molecule has 7 nitrogen and oxygen atoms in total. The van der Waals surface area contributed by atoms with Crippen LogP contribution in [0.1, 0.15) is 6.42 Å². The number of sulfonamides is 1. The fraction of sp³-hybridized carbons (Fsp3) is 0.222. The van der Waals surface area contributed by atoms with Crippen LogP contribution >= 0.6 is 23.1 Å². The average molecular weight is 438 g/mol. The number of benzene rings is 1. The highest BCUT2D eigenvalue weighted by molar-refractivity contribution is 7.98. The van der Waals surface area contributed by atoms with E-state index in [1.165, 1.54) is 35.2 Å². The second-order valence-electron chi connectivity index (χ2n) is 5.77. The molecule has 148 valence electrons. The molecule has 0 saturated carbocycles. The average Bonchev–Trinajstić information content (AvgIpc) is 3.37. The first kappa shape index (κ1) is 20.6. The van der Waals surface area contributed by atoms with Crippen LogP contribution in [0.3, 0.4) is 0 Å². The lowest BCUT2D eigenvalue weighted by Gasteiger charge is -2.17. The number of rotatable bonds is 9. The SMILES string of the molecule is CSCCC(NS(=O)(=O)c1ccccc1)C(=O)Nc1nc(-c2ccco2)cs1. The van der Waals surface area contributed by atoms with Crippen molar-refractivity contribution in [3.63, 3.8) is 0 Å². The van der Waals surface area contributed by atoms with Crippen LogP contribution in [0.2, 0.25) is 0 Å². The summed E-state index contributed by atoms with van der Waals surface area (Å²) in [5.74, 6) is 0.777. The van der Waals surface area contributed by atoms with E-state index in [9.17, 15) is 13.2 Å². The fourth-order valence-corrected chi connectivity index (χ4v) is 4.82. The summed E-state index contributed by atoms with van der Waals surface area (Å²) in [6, 6.07) is 10.6. The largest absolute Gasteiger partial charge is 0.463 e. The van der Waals surface area contributed by atoms with Gasteiger partial charge in [0.05, 0.1) is 11.2 Å². The van der Waals surface area contributed by atoms with Crippen molar-refractivity contribution in [1.82, 2.24) is 9.71 Å². The summed E-state index contributed by atoms with van der Waals surface area (Å²) >= 11 is 2.78. The number of aromatic nitrogens is 1. The highest BCUT2D eigenvalue weighted by atomic mass is 32.2. The second-order valence-corrected chi connectivity index (χ2v) is 9.33. The molecule has 0 fully saturated rings. The van der Waals surface area contributed by atoms with E-state index in [0.717, 1.165) is 0 Å². The van der Waals surface area contributed by atoms with E-state index in [1.54, 1.807) is 42.0 Å². The van der Waals surface area contributed by atoms with Gasteiger partial charge in [-0.25, -0.2) is 13.4 Å². The number of anilines is 1. The van der Waals surface area contributed by atoms with E-state index in [1.807, 2.05) is 6.26 Å². The summed E-state index contributed by atoms with van der Waals surface area (Å²) in [5, 5.41) is 4.84. The number of furan rings is 1. The van der Waals surface area contributed by atoms with Crippen molar-refractivity contribution in [3.05, 3.63) is 54.1 Å². The van der Waals surface area contributed by atoms with Crippen molar-refractivity contribution in [2.75, 3.05) is 17.3 Å². The number of thiazole rings is 1. The number of carbonyl (C=O) groups excluding carboxylic acids is 1. The van der Waals surface area contributed by atoms with Gasteiger partial charge >= 0.3 is 0 Å². The molecule has 0 aliphatic rings. The van der Waals surface area contributed by atoms with E-state index < -0.39 is 22.0 Å². The number of carbonyl (C=O) groups is 1. The molecule has 1 unspecified atom stereocenters. The summed E-state index contributed by atoms with van der Waals surface area (Å²) in [5.41, 5.74) is 0.607. The number of hydrogen-bond acceptors (Lipinski definition) is 7. The van der Waals surface area contributed by atoms with E-state index in [0.29, 0.717) is 28.8 Å². The van der Waals surface area contributed by atoms with Crippen LogP contribution in [0.25, 0.3) is 11.5 Å². The molecule has 0 aliphatic carbocycles. The summed E-state index contributed by atoms with van der Waals surface area (Å²) in [4.78, 5) is 17.2. The third-order valence-electron chi connectivity index (χ3n) is 3.79. The Labute approximate surface area is 171 Å². The molecule has 0 bridgehead atoms. The summed E-state index contributed by atoms with van der Waals surface area (Å²) in [7, 11) is -3.81. The van der Waals surface area contributed by atoms with Gasteiger partial charge in [-0.3, -0.25) is 4.79 Å². The Kier molecular flexibility index (Phi) is 6.89. The first-order valence-corrected chi connectivity index (χ1v) is 12.1. The summed E-state index contributed by atoms with van der Waals surface area (Å²) < 4.78 is 33.0. The zero-order chi connectivity index (χ0) is 20.0. The molecular formula is C18H19N3O4S3. The third-order valence-corrected chi connectivity index (χ3v) is 6.68. The molecule has 2 N–H and O–H groups in total. The van der Waals surface area contributed by atoms with Crippen LogP contribution in [0.4, 0.5) is 5.13 Å². The van der Waals surface area contributed by atoms with Gasteiger partial charge < -0.3 is 9.73 Å². The summed E-state index contributed by atoms with van der Waals surface area (Å²) in [6.45, 7) is 0. The molecule has 28 heavy (non-hydrogen) atoms. The molecule has 2 aromatic heterocycles. The first-order chi connectivity index (χ1) is 13.5. The quantitative estimate of drug-likeness (QED) is 0.532. The number of amides is 1. The molecule has 0 radical (unpaired) electrons. The van der Waals surface area contributed by atoms with E-state index in [2.05, 4.69) is 15.0 Å². The van der Waals surface area contributed by atoms with Crippen molar-refractivity contribution in [3.8, 4) is 11.5 Å². The highest BCUT2D eigenvalue weighted by Crippen LogP contribution is 2.25. The van der Waals surface area contributed by atoms with Gasteiger partial charge in [-0.1, -0.05) is 18.2 Å². The maximum Gasteiger partial charge on any atom is 0.244 e. The molecule has 0 spiro atoms. The van der Waals surface area contributed by atoms with Crippen LogP contribution in [0.5, 0.6) is 0 Å². The van der Waals surface area contributed by atoms with Gasteiger partial charge in [0.15, 0.2) is 10.9 Å². The molecule has 3 aromatic rings. The monoisotopic (exact) mass is 437 g/mol. The van der Waals surface area contributed by atoms with E-state index in [4.69, 9.17) is 4.42 Å². The van der Waals surface area contributed by atoms with Crippen LogP contribution < -0.4 is 10.0 Å². The van der Waals surface area contributed by atoms with Crippen LogP contribution in [-0.2, 0) is 14.8 Å². The Morgan fingerprint density at radius 1 is 1.25 bits per heavy atom. The van der Waals surface area contributed by atoms with Crippen LogP contribution in [0, 0.1) is 0 Å². The number of nitrogens with zero attached hydrogens (tertiary/aromatic N) is 1. The van der Waals surface area contributed by atoms with Gasteiger partial charge in [0.25, 0.3) is 0 Å². The molecule has 1 atom stereocenters. The predicted molar refractivity (Wildman–Crippen MR) is 112 cm³/mol. The van der Waals surface area contributed by atoms with Crippen molar-refractivity contribution >= 4 is 44.2 Å². The Morgan fingerprint density at radius 3 is 2.71 bits per heavy atom. The standard InChI is InChI=1S/C18H19N3O4S3/c1-26-11-9-14(21-28(23,24)13-6-3-2-4-7-13)17(22)20-18-19-15(12-27-18)16-8-5-10-25-16/h2-8,10,12,14,21H,9,11H2,1H3,(H,19,20,22). The topological polar surface area (TPSA) is 101 Å². The van der Waals surface area contributed by atoms with E-state index in [-0.39, 0.29) is 4.90 Å². The van der Waals surface area contributed by atoms with Gasteiger partial charge in [-0.2, -0.15) is 16.5 Å². The fourth-order valence-electron chi connectivity index (χ4n) is 2.40.